The third-order valence-corrected chi connectivity index (χ3v) is 3.71. The minimum absolute atomic E-state index is 0.310. The van der Waals surface area contributed by atoms with Gasteiger partial charge < -0.3 is 10.1 Å². The highest BCUT2D eigenvalue weighted by molar-refractivity contribution is 5.96. The quantitative estimate of drug-likeness (QED) is 0.865. The summed E-state index contributed by atoms with van der Waals surface area (Å²) in [5.74, 6) is -0.335. The monoisotopic (exact) mass is 307 g/mol. The zero-order valence-electron chi connectivity index (χ0n) is 14.2. The summed E-state index contributed by atoms with van der Waals surface area (Å²) in [7, 11) is 1.31. The SMILES string of the molecule is COC(=O)C(C)(C)NC(=O)c1cc(C2CC2)nn1C(C)(C)C. The Kier molecular flexibility index (Phi) is 4.06. The van der Waals surface area contributed by atoms with Crippen molar-refractivity contribution < 1.29 is 14.3 Å². The highest BCUT2D eigenvalue weighted by Crippen LogP contribution is 2.40. The largest absolute Gasteiger partial charge is 0.467 e. The molecule has 1 aliphatic rings. The zero-order chi connectivity index (χ0) is 16.7. The van der Waals surface area contributed by atoms with Crippen LogP contribution in [-0.4, -0.2) is 34.3 Å². The Bertz CT molecular complexity index is 592. The average molecular weight is 307 g/mol. The fourth-order valence-electron chi connectivity index (χ4n) is 2.31. The number of methoxy groups -OCH3 is 1. The van der Waals surface area contributed by atoms with Crippen LogP contribution in [0.5, 0.6) is 0 Å². The van der Waals surface area contributed by atoms with Gasteiger partial charge in [-0.25, -0.2) is 4.79 Å². The number of aromatic nitrogens is 2. The van der Waals surface area contributed by atoms with Crippen LogP contribution in [0.2, 0.25) is 0 Å². The summed E-state index contributed by atoms with van der Waals surface area (Å²) in [6.07, 6.45) is 2.24. The van der Waals surface area contributed by atoms with Crippen LogP contribution in [0.3, 0.4) is 0 Å². The molecule has 0 bridgehead atoms. The maximum atomic E-state index is 12.6. The molecule has 22 heavy (non-hydrogen) atoms. The Morgan fingerprint density at radius 2 is 1.86 bits per heavy atom. The van der Waals surface area contributed by atoms with Crippen LogP contribution >= 0.6 is 0 Å². The number of nitrogens with zero attached hydrogens (tertiary/aromatic N) is 2. The number of carbonyl (C=O) groups is 2. The Hall–Kier alpha value is -1.85. The van der Waals surface area contributed by atoms with Crippen LogP contribution in [0, 0.1) is 0 Å². The van der Waals surface area contributed by atoms with Crippen LogP contribution in [0.1, 0.15) is 69.6 Å². The van der Waals surface area contributed by atoms with Gasteiger partial charge in [-0.05, 0) is 53.5 Å². The van der Waals surface area contributed by atoms with E-state index >= 15 is 0 Å². The molecule has 122 valence electrons. The molecule has 0 aromatic carbocycles. The summed E-state index contributed by atoms with van der Waals surface area (Å²) in [6, 6.07) is 1.84. The Balaban J connectivity index is 2.30. The molecule has 1 aromatic heterocycles. The first-order valence-corrected chi connectivity index (χ1v) is 7.57. The van der Waals surface area contributed by atoms with Gasteiger partial charge in [0.15, 0.2) is 0 Å². The lowest BCUT2D eigenvalue weighted by atomic mass is 10.1. The molecule has 1 aromatic rings. The second kappa shape index (κ2) is 5.41. The molecule has 1 amide bonds. The van der Waals surface area contributed by atoms with E-state index in [1.165, 1.54) is 7.11 Å². The van der Waals surface area contributed by atoms with E-state index in [2.05, 4.69) is 10.4 Å². The molecular formula is C16H25N3O3. The number of esters is 1. The fraction of sp³-hybridized carbons (Fsp3) is 0.688. The molecule has 0 radical (unpaired) electrons. The lowest BCUT2D eigenvalue weighted by molar-refractivity contribution is -0.146. The van der Waals surface area contributed by atoms with E-state index < -0.39 is 11.5 Å². The Morgan fingerprint density at radius 3 is 2.32 bits per heavy atom. The van der Waals surface area contributed by atoms with Gasteiger partial charge in [0.25, 0.3) is 5.91 Å². The van der Waals surface area contributed by atoms with E-state index in [1.807, 2.05) is 26.8 Å². The number of rotatable bonds is 4. The number of hydrogen-bond donors (Lipinski definition) is 1. The van der Waals surface area contributed by atoms with Gasteiger partial charge in [-0.1, -0.05) is 0 Å². The van der Waals surface area contributed by atoms with Crippen LogP contribution in [0.4, 0.5) is 0 Å². The van der Waals surface area contributed by atoms with Crippen molar-refractivity contribution in [3.63, 3.8) is 0 Å². The number of carbonyl (C=O) groups excluding carboxylic acids is 2. The molecule has 1 fully saturated rings. The van der Waals surface area contributed by atoms with E-state index in [0.29, 0.717) is 11.6 Å². The van der Waals surface area contributed by atoms with Gasteiger partial charge in [0, 0.05) is 5.92 Å². The second-order valence-corrected chi connectivity index (χ2v) is 7.38. The lowest BCUT2D eigenvalue weighted by Crippen LogP contribution is -2.51. The average Bonchev–Trinajstić information content (AvgIpc) is 3.14. The summed E-state index contributed by atoms with van der Waals surface area (Å²) in [5, 5.41) is 7.33. The molecule has 1 heterocycles. The Morgan fingerprint density at radius 1 is 1.27 bits per heavy atom. The van der Waals surface area contributed by atoms with Crippen molar-refractivity contribution >= 4 is 11.9 Å². The second-order valence-electron chi connectivity index (χ2n) is 7.38. The molecule has 0 atom stereocenters. The first-order valence-electron chi connectivity index (χ1n) is 7.57. The summed E-state index contributed by atoms with van der Waals surface area (Å²) in [6.45, 7) is 9.24. The van der Waals surface area contributed by atoms with Crippen molar-refractivity contribution in [3.8, 4) is 0 Å². The molecule has 0 spiro atoms. The predicted molar refractivity (Wildman–Crippen MR) is 82.8 cm³/mol. The Labute approximate surface area is 131 Å². The summed E-state index contributed by atoms with van der Waals surface area (Å²) in [5.41, 5.74) is 0.0377. The minimum atomic E-state index is -1.08. The van der Waals surface area contributed by atoms with Gasteiger partial charge in [0.05, 0.1) is 18.3 Å². The fourth-order valence-corrected chi connectivity index (χ4v) is 2.31. The maximum Gasteiger partial charge on any atom is 0.330 e. The van der Waals surface area contributed by atoms with Crippen molar-refractivity contribution in [2.75, 3.05) is 7.11 Å². The summed E-state index contributed by atoms with van der Waals surface area (Å²) in [4.78, 5) is 24.4. The first kappa shape index (κ1) is 16.5. The van der Waals surface area contributed by atoms with Gasteiger partial charge in [-0.15, -0.1) is 0 Å². The third kappa shape index (κ3) is 3.31. The number of ether oxygens (including phenoxy) is 1. The topological polar surface area (TPSA) is 73.2 Å². The van der Waals surface area contributed by atoms with E-state index in [0.717, 1.165) is 18.5 Å². The summed E-state index contributed by atoms with van der Waals surface area (Å²) >= 11 is 0. The highest BCUT2D eigenvalue weighted by Gasteiger charge is 2.35. The maximum absolute atomic E-state index is 12.6. The van der Waals surface area contributed by atoms with Gasteiger partial charge in [0.2, 0.25) is 0 Å². The molecule has 6 nitrogen and oxygen atoms in total. The molecule has 2 rings (SSSR count). The lowest BCUT2D eigenvalue weighted by Gasteiger charge is -2.26. The van der Waals surface area contributed by atoms with Crippen molar-refractivity contribution in [2.24, 2.45) is 0 Å². The number of nitrogens with one attached hydrogen (secondary N) is 1. The van der Waals surface area contributed by atoms with E-state index in [-0.39, 0.29) is 11.4 Å². The molecular weight excluding hydrogens is 282 g/mol. The smallest absolute Gasteiger partial charge is 0.330 e. The molecule has 1 N–H and O–H groups in total. The number of hydrogen-bond acceptors (Lipinski definition) is 4. The standard InChI is InChI=1S/C16H25N3O3/c1-15(2,3)19-12(9-11(18-19)10-7-8-10)13(20)17-16(4,5)14(21)22-6/h9-10H,7-8H2,1-6H3,(H,17,20). The number of amides is 1. The van der Waals surface area contributed by atoms with E-state index in [9.17, 15) is 9.59 Å². The van der Waals surface area contributed by atoms with Crippen molar-refractivity contribution in [1.29, 1.82) is 0 Å². The van der Waals surface area contributed by atoms with Crippen molar-refractivity contribution in [1.82, 2.24) is 15.1 Å². The molecule has 1 aliphatic carbocycles. The normalized spacial score (nSPS) is 15.5. The van der Waals surface area contributed by atoms with Crippen LogP contribution in [0.25, 0.3) is 0 Å². The van der Waals surface area contributed by atoms with Crippen molar-refractivity contribution in [3.05, 3.63) is 17.5 Å². The molecule has 6 heteroatoms. The highest BCUT2D eigenvalue weighted by atomic mass is 16.5. The van der Waals surface area contributed by atoms with E-state index in [4.69, 9.17) is 4.74 Å². The molecule has 0 aliphatic heterocycles. The van der Waals surface area contributed by atoms with Crippen molar-refractivity contribution in [2.45, 2.75) is 64.5 Å². The third-order valence-electron chi connectivity index (χ3n) is 3.71. The molecule has 0 saturated heterocycles. The minimum Gasteiger partial charge on any atom is -0.467 e. The summed E-state index contributed by atoms with van der Waals surface area (Å²) < 4.78 is 6.47. The van der Waals surface area contributed by atoms with Gasteiger partial charge >= 0.3 is 5.97 Å². The van der Waals surface area contributed by atoms with Gasteiger partial charge in [-0.2, -0.15) is 5.10 Å². The first-order chi connectivity index (χ1) is 10.1. The van der Waals surface area contributed by atoms with Crippen LogP contribution in [0.15, 0.2) is 6.07 Å². The van der Waals surface area contributed by atoms with Crippen LogP contribution in [-0.2, 0) is 15.1 Å². The van der Waals surface area contributed by atoms with Gasteiger partial charge in [0.1, 0.15) is 11.2 Å². The predicted octanol–water partition coefficient (Wildman–Crippen LogP) is 2.20. The molecule has 0 unspecified atom stereocenters. The van der Waals surface area contributed by atoms with Crippen LogP contribution < -0.4 is 5.32 Å². The zero-order valence-corrected chi connectivity index (χ0v) is 14.2. The van der Waals surface area contributed by atoms with E-state index in [1.54, 1.807) is 18.5 Å². The van der Waals surface area contributed by atoms with Gasteiger partial charge in [-0.3, -0.25) is 9.48 Å². The molecule has 1 saturated carbocycles.